The molecule has 4 nitrogen and oxygen atoms in total. The molecule has 0 saturated heterocycles. The molecule has 1 N–H and O–H groups in total. The maximum Gasteiger partial charge on any atom is 0.251 e. The Morgan fingerprint density at radius 3 is 1.96 bits per heavy atom. The van der Waals surface area contributed by atoms with E-state index in [-0.39, 0.29) is 11.8 Å². The summed E-state index contributed by atoms with van der Waals surface area (Å²) in [5.41, 5.74) is 4.90. The number of benzene rings is 3. The number of hydrogen-bond donors (Lipinski definition) is 1. The van der Waals surface area contributed by atoms with Crippen LogP contribution in [0.2, 0.25) is 0 Å². The number of likely N-dealkylation sites (N-methyl/N-ethyl adjacent to an activating group) is 1. The van der Waals surface area contributed by atoms with Crippen LogP contribution in [0, 0.1) is 0 Å². The van der Waals surface area contributed by atoms with Crippen molar-refractivity contribution in [2.75, 3.05) is 14.1 Å². The number of carbonyl (C=O) groups excluding carboxylic acids is 2. The van der Waals surface area contributed by atoms with Crippen LogP contribution in [0.1, 0.15) is 21.5 Å². The highest BCUT2D eigenvalue weighted by atomic mass is 16.2. The quantitative estimate of drug-likeness (QED) is 0.713. The normalized spacial score (nSPS) is 10.4. The lowest BCUT2D eigenvalue weighted by molar-refractivity contribution is -0.129. The lowest BCUT2D eigenvalue weighted by Crippen LogP contribution is -2.27. The van der Waals surface area contributed by atoms with Crippen molar-refractivity contribution in [2.24, 2.45) is 0 Å². The van der Waals surface area contributed by atoms with E-state index in [9.17, 15) is 9.59 Å². The van der Waals surface area contributed by atoms with Gasteiger partial charge in [0.05, 0.1) is 6.42 Å². The lowest BCUT2D eigenvalue weighted by Gasteiger charge is -2.17. The second kappa shape index (κ2) is 9.00. The molecule has 0 bridgehead atoms. The van der Waals surface area contributed by atoms with Crippen LogP contribution in [-0.2, 0) is 17.8 Å². The van der Waals surface area contributed by atoms with Crippen LogP contribution < -0.4 is 5.32 Å². The SMILES string of the molecule is CNC(=O)c1ccc(CN(C)C(=O)Cc2ccc(-c3ccccc3)cc2)cc1. The Labute approximate surface area is 165 Å². The van der Waals surface area contributed by atoms with Gasteiger partial charge in [-0.25, -0.2) is 0 Å². The number of nitrogens with one attached hydrogen (secondary N) is 1. The van der Waals surface area contributed by atoms with E-state index in [2.05, 4.69) is 29.6 Å². The molecule has 0 aliphatic rings. The van der Waals surface area contributed by atoms with E-state index in [0.29, 0.717) is 18.5 Å². The second-order valence-electron chi connectivity index (χ2n) is 6.77. The van der Waals surface area contributed by atoms with Crippen molar-refractivity contribution in [2.45, 2.75) is 13.0 Å². The second-order valence-corrected chi connectivity index (χ2v) is 6.77. The van der Waals surface area contributed by atoms with E-state index in [1.54, 1.807) is 31.1 Å². The van der Waals surface area contributed by atoms with Crippen molar-refractivity contribution in [1.82, 2.24) is 10.2 Å². The summed E-state index contributed by atoms with van der Waals surface area (Å²) in [5.74, 6) is -0.0576. The summed E-state index contributed by atoms with van der Waals surface area (Å²) in [4.78, 5) is 25.9. The third-order valence-corrected chi connectivity index (χ3v) is 4.71. The standard InChI is InChI=1S/C24H24N2O2/c1-25-24(28)22-14-10-19(11-15-22)17-26(2)23(27)16-18-8-12-21(13-9-18)20-6-4-3-5-7-20/h3-15H,16-17H2,1-2H3,(H,25,28). The first-order valence-electron chi connectivity index (χ1n) is 9.26. The molecular weight excluding hydrogens is 348 g/mol. The molecule has 3 aromatic rings. The van der Waals surface area contributed by atoms with Crippen LogP contribution in [0.15, 0.2) is 78.9 Å². The summed E-state index contributed by atoms with van der Waals surface area (Å²) in [6.45, 7) is 0.509. The van der Waals surface area contributed by atoms with E-state index in [4.69, 9.17) is 0 Å². The third kappa shape index (κ3) is 4.86. The number of carbonyl (C=O) groups is 2. The highest BCUT2D eigenvalue weighted by Gasteiger charge is 2.11. The summed E-state index contributed by atoms with van der Waals surface area (Å²) in [7, 11) is 3.41. The molecule has 0 radical (unpaired) electrons. The minimum absolute atomic E-state index is 0.0582. The van der Waals surface area contributed by atoms with Crippen LogP contribution in [0.3, 0.4) is 0 Å². The molecule has 0 saturated carbocycles. The van der Waals surface area contributed by atoms with Gasteiger partial charge in [0.2, 0.25) is 5.91 Å². The zero-order valence-electron chi connectivity index (χ0n) is 16.2. The predicted octanol–water partition coefficient (Wildman–Crippen LogP) is 3.91. The third-order valence-electron chi connectivity index (χ3n) is 4.71. The minimum Gasteiger partial charge on any atom is -0.355 e. The van der Waals surface area contributed by atoms with E-state index < -0.39 is 0 Å². The van der Waals surface area contributed by atoms with Gasteiger partial charge in [-0.1, -0.05) is 66.7 Å². The first kappa shape index (κ1) is 19.4. The highest BCUT2D eigenvalue weighted by molar-refractivity contribution is 5.93. The van der Waals surface area contributed by atoms with Gasteiger partial charge >= 0.3 is 0 Å². The van der Waals surface area contributed by atoms with Crippen LogP contribution in [0.4, 0.5) is 0 Å². The molecule has 0 spiro atoms. The smallest absolute Gasteiger partial charge is 0.251 e. The van der Waals surface area contributed by atoms with Crippen molar-refractivity contribution < 1.29 is 9.59 Å². The highest BCUT2D eigenvalue weighted by Crippen LogP contribution is 2.19. The molecule has 0 heterocycles. The van der Waals surface area contributed by atoms with Gasteiger partial charge in [0.25, 0.3) is 5.91 Å². The van der Waals surface area contributed by atoms with Gasteiger partial charge in [-0.15, -0.1) is 0 Å². The Balaban J connectivity index is 1.59. The zero-order valence-corrected chi connectivity index (χ0v) is 16.2. The molecule has 3 rings (SSSR count). The number of hydrogen-bond acceptors (Lipinski definition) is 2. The molecule has 0 atom stereocenters. The number of rotatable bonds is 6. The van der Waals surface area contributed by atoms with Gasteiger partial charge in [0.1, 0.15) is 0 Å². The molecular formula is C24H24N2O2. The van der Waals surface area contributed by atoms with E-state index in [1.165, 1.54) is 0 Å². The molecule has 0 unspecified atom stereocenters. The zero-order chi connectivity index (χ0) is 19.9. The van der Waals surface area contributed by atoms with Crippen LogP contribution >= 0.6 is 0 Å². The Hall–Kier alpha value is -3.40. The molecule has 2 amide bonds. The van der Waals surface area contributed by atoms with Gasteiger partial charge in [-0.05, 0) is 34.4 Å². The Bertz CT molecular complexity index is 933. The van der Waals surface area contributed by atoms with Crippen molar-refractivity contribution in [3.05, 3.63) is 95.6 Å². The first-order chi connectivity index (χ1) is 13.6. The molecule has 0 aliphatic heterocycles. The Morgan fingerprint density at radius 1 is 0.786 bits per heavy atom. The van der Waals surface area contributed by atoms with Gasteiger partial charge < -0.3 is 10.2 Å². The van der Waals surface area contributed by atoms with E-state index in [1.807, 2.05) is 42.5 Å². The molecule has 0 fully saturated rings. The van der Waals surface area contributed by atoms with Gasteiger partial charge in [0, 0.05) is 26.2 Å². The van der Waals surface area contributed by atoms with Crippen molar-refractivity contribution in [3.63, 3.8) is 0 Å². The summed E-state index contributed by atoms with van der Waals surface area (Å²) in [5, 5.41) is 2.60. The largest absolute Gasteiger partial charge is 0.355 e. The minimum atomic E-state index is -0.116. The molecule has 4 heteroatoms. The van der Waals surface area contributed by atoms with E-state index in [0.717, 1.165) is 22.3 Å². The summed E-state index contributed by atoms with van der Waals surface area (Å²) in [6, 6.07) is 25.6. The average Bonchev–Trinajstić information content (AvgIpc) is 2.75. The maximum absolute atomic E-state index is 12.6. The average molecular weight is 372 g/mol. The predicted molar refractivity (Wildman–Crippen MR) is 112 cm³/mol. The first-order valence-corrected chi connectivity index (χ1v) is 9.26. The van der Waals surface area contributed by atoms with Crippen molar-refractivity contribution in [1.29, 1.82) is 0 Å². The molecule has 3 aromatic carbocycles. The molecule has 0 aliphatic carbocycles. The summed E-state index contributed by atoms with van der Waals surface area (Å²) in [6.07, 6.45) is 0.363. The topological polar surface area (TPSA) is 49.4 Å². The Morgan fingerprint density at radius 2 is 1.36 bits per heavy atom. The maximum atomic E-state index is 12.6. The fourth-order valence-corrected chi connectivity index (χ4v) is 3.02. The monoisotopic (exact) mass is 372 g/mol. The molecule has 0 aromatic heterocycles. The summed E-state index contributed by atoms with van der Waals surface area (Å²) < 4.78 is 0. The fourth-order valence-electron chi connectivity index (χ4n) is 3.02. The van der Waals surface area contributed by atoms with Crippen LogP contribution in [0.25, 0.3) is 11.1 Å². The van der Waals surface area contributed by atoms with Crippen molar-refractivity contribution in [3.8, 4) is 11.1 Å². The molecule has 142 valence electrons. The van der Waals surface area contributed by atoms with Gasteiger partial charge in [-0.2, -0.15) is 0 Å². The summed E-state index contributed by atoms with van der Waals surface area (Å²) >= 11 is 0. The van der Waals surface area contributed by atoms with Crippen LogP contribution in [0.5, 0.6) is 0 Å². The number of nitrogens with zero attached hydrogens (tertiary/aromatic N) is 1. The van der Waals surface area contributed by atoms with Gasteiger partial charge in [-0.3, -0.25) is 9.59 Å². The lowest BCUT2D eigenvalue weighted by atomic mass is 10.0. The van der Waals surface area contributed by atoms with E-state index >= 15 is 0 Å². The molecule has 28 heavy (non-hydrogen) atoms. The van der Waals surface area contributed by atoms with Crippen molar-refractivity contribution >= 4 is 11.8 Å². The number of amides is 2. The Kier molecular flexibility index (Phi) is 6.22. The van der Waals surface area contributed by atoms with Crippen LogP contribution in [-0.4, -0.2) is 30.8 Å². The fraction of sp³-hybridized carbons (Fsp3) is 0.167. The van der Waals surface area contributed by atoms with Gasteiger partial charge in [0.15, 0.2) is 0 Å².